The fourth-order valence-corrected chi connectivity index (χ4v) is 4.49. The highest BCUT2D eigenvalue weighted by atomic mass is 35.5. The Balaban J connectivity index is 1.54. The Morgan fingerprint density at radius 3 is 2.50 bits per heavy atom. The van der Waals surface area contributed by atoms with Gasteiger partial charge in [0.15, 0.2) is 5.82 Å². The lowest BCUT2D eigenvalue weighted by atomic mass is 10.2. The second-order valence-corrected chi connectivity index (χ2v) is 8.53. The molecule has 0 amide bonds. The lowest BCUT2D eigenvalue weighted by molar-refractivity contribution is 0.571. The zero-order valence-corrected chi connectivity index (χ0v) is 18.1. The minimum Gasteiger partial charge on any atom is -0.457 e. The molecule has 2 aromatic carbocycles. The molecule has 30 heavy (non-hydrogen) atoms. The summed E-state index contributed by atoms with van der Waals surface area (Å²) in [7, 11) is 0. The van der Waals surface area contributed by atoms with E-state index in [0.717, 1.165) is 0 Å². The Labute approximate surface area is 188 Å². The Hall–Kier alpha value is -2.64. The maximum atomic E-state index is 12.8. The van der Waals surface area contributed by atoms with Crippen LogP contribution in [0.15, 0.2) is 63.8 Å². The van der Waals surface area contributed by atoms with Crippen molar-refractivity contribution < 1.29 is 4.42 Å². The normalized spacial score (nSPS) is 12.2. The topological polar surface area (TPSA) is 60.4 Å². The molecule has 148 valence electrons. The van der Waals surface area contributed by atoms with Gasteiger partial charge in [0.2, 0.25) is 4.96 Å². The second kappa shape index (κ2) is 7.56. The minimum atomic E-state index is -0.278. The predicted octanol–water partition coefficient (Wildman–Crippen LogP) is 5.59. The largest absolute Gasteiger partial charge is 0.457 e. The van der Waals surface area contributed by atoms with E-state index in [1.54, 1.807) is 36.4 Å². The highest BCUT2D eigenvalue weighted by Crippen LogP contribution is 2.34. The quantitative estimate of drug-likeness (QED) is 0.342. The van der Waals surface area contributed by atoms with Crippen molar-refractivity contribution in [1.29, 1.82) is 0 Å². The van der Waals surface area contributed by atoms with Crippen molar-refractivity contribution in [1.82, 2.24) is 14.6 Å². The molecular weight excluding hydrogens is 465 g/mol. The van der Waals surface area contributed by atoms with Gasteiger partial charge in [0.25, 0.3) is 5.56 Å². The second-order valence-electron chi connectivity index (χ2n) is 6.33. The van der Waals surface area contributed by atoms with E-state index in [1.165, 1.54) is 15.9 Å². The van der Waals surface area contributed by atoms with Gasteiger partial charge in [-0.2, -0.15) is 9.50 Å². The monoisotopic (exact) mass is 473 g/mol. The highest BCUT2D eigenvalue weighted by Gasteiger charge is 2.15. The summed E-state index contributed by atoms with van der Waals surface area (Å²) in [6.07, 6.45) is 1.65. The van der Waals surface area contributed by atoms with Crippen LogP contribution < -0.4 is 10.1 Å². The van der Waals surface area contributed by atoms with Crippen LogP contribution in [0.1, 0.15) is 5.76 Å². The molecule has 0 aliphatic carbocycles. The van der Waals surface area contributed by atoms with E-state index >= 15 is 0 Å². The zero-order valence-electron chi connectivity index (χ0n) is 15.0. The maximum Gasteiger partial charge on any atom is 0.291 e. The lowest BCUT2D eigenvalue weighted by Gasteiger charge is -2.01. The number of halogens is 3. The van der Waals surface area contributed by atoms with Crippen LogP contribution >= 0.6 is 46.1 Å². The van der Waals surface area contributed by atoms with Crippen LogP contribution in [0.2, 0.25) is 15.1 Å². The fraction of sp³-hybridized carbons (Fsp3) is 0. The average molecular weight is 475 g/mol. The molecule has 0 bridgehead atoms. The molecule has 0 unspecified atom stereocenters. The van der Waals surface area contributed by atoms with Gasteiger partial charge < -0.3 is 4.42 Å². The summed E-state index contributed by atoms with van der Waals surface area (Å²) in [6, 6.07) is 16.1. The van der Waals surface area contributed by atoms with E-state index in [-0.39, 0.29) is 5.56 Å². The van der Waals surface area contributed by atoms with Crippen molar-refractivity contribution in [2.24, 2.45) is 0 Å². The van der Waals surface area contributed by atoms with Crippen molar-refractivity contribution in [3.8, 4) is 22.7 Å². The summed E-state index contributed by atoms with van der Waals surface area (Å²) >= 11 is 19.8. The molecule has 3 heterocycles. The van der Waals surface area contributed by atoms with Gasteiger partial charge in [-0.3, -0.25) is 4.79 Å². The predicted molar refractivity (Wildman–Crippen MR) is 121 cm³/mol. The molecule has 5 aromatic rings. The molecule has 0 saturated carbocycles. The first kappa shape index (κ1) is 19.3. The van der Waals surface area contributed by atoms with Gasteiger partial charge in [-0.05, 0) is 36.4 Å². The first-order valence-electron chi connectivity index (χ1n) is 8.72. The van der Waals surface area contributed by atoms with Gasteiger partial charge >= 0.3 is 0 Å². The van der Waals surface area contributed by atoms with Gasteiger partial charge in [-0.15, -0.1) is 5.10 Å². The highest BCUT2D eigenvalue weighted by molar-refractivity contribution is 7.15. The van der Waals surface area contributed by atoms with Crippen molar-refractivity contribution >= 4 is 57.2 Å². The number of nitrogens with zero attached hydrogens (tertiary/aromatic N) is 3. The number of rotatable bonds is 3. The van der Waals surface area contributed by atoms with Crippen molar-refractivity contribution in [3.63, 3.8) is 0 Å². The Morgan fingerprint density at radius 1 is 0.933 bits per heavy atom. The average Bonchev–Trinajstić information content (AvgIpc) is 3.42. The molecule has 9 heteroatoms. The van der Waals surface area contributed by atoms with Gasteiger partial charge in [0, 0.05) is 17.2 Å². The third-order valence-corrected chi connectivity index (χ3v) is 6.52. The number of hydrogen-bond acceptors (Lipinski definition) is 5. The molecule has 3 aromatic heterocycles. The van der Waals surface area contributed by atoms with E-state index in [1.807, 2.05) is 24.3 Å². The molecular formula is C21H10Cl3N3O2S. The first-order chi connectivity index (χ1) is 14.5. The molecule has 0 aliphatic rings. The number of benzene rings is 2. The van der Waals surface area contributed by atoms with Crippen LogP contribution in [-0.2, 0) is 0 Å². The number of furan rings is 1. The number of hydrogen-bond donors (Lipinski definition) is 0. The molecule has 0 N–H and O–H groups in total. The molecule has 0 radical (unpaired) electrons. The van der Waals surface area contributed by atoms with Crippen LogP contribution in [0.4, 0.5) is 0 Å². The van der Waals surface area contributed by atoms with Crippen molar-refractivity contribution in [3.05, 3.63) is 90.3 Å². The molecule has 5 nitrogen and oxygen atoms in total. The summed E-state index contributed by atoms with van der Waals surface area (Å²) in [5.74, 6) is 1.47. The van der Waals surface area contributed by atoms with E-state index in [9.17, 15) is 4.79 Å². The van der Waals surface area contributed by atoms with Gasteiger partial charge in [-0.25, -0.2) is 0 Å². The summed E-state index contributed by atoms with van der Waals surface area (Å²) in [5, 5.41) is 5.70. The van der Waals surface area contributed by atoms with Gasteiger partial charge in [-0.1, -0.05) is 64.3 Å². The zero-order chi connectivity index (χ0) is 20.8. The smallest absolute Gasteiger partial charge is 0.291 e. The fourth-order valence-electron chi connectivity index (χ4n) is 2.99. The van der Waals surface area contributed by atoms with E-state index in [4.69, 9.17) is 39.2 Å². The van der Waals surface area contributed by atoms with E-state index < -0.39 is 0 Å². The summed E-state index contributed by atoms with van der Waals surface area (Å²) in [6.45, 7) is 0. The SMILES string of the molecule is O=c1/c(=C\c2ccc(-c3cccc(Cl)c3Cl)o2)sc2nc(-c3ccccc3Cl)nn12. The van der Waals surface area contributed by atoms with Crippen molar-refractivity contribution in [2.75, 3.05) is 0 Å². The third-order valence-electron chi connectivity index (χ3n) is 4.41. The summed E-state index contributed by atoms with van der Waals surface area (Å²) in [5.41, 5.74) is 1.08. The van der Waals surface area contributed by atoms with E-state index in [0.29, 0.717) is 53.0 Å². The number of fused-ring (bicyclic) bond motifs is 1. The van der Waals surface area contributed by atoms with Crippen LogP contribution in [0.5, 0.6) is 0 Å². The standard InChI is InChI=1S/C21H10Cl3N3O2S/c22-14-6-2-1-4-12(14)19-25-21-27(26-19)20(28)17(30-21)10-11-8-9-16(29-11)13-5-3-7-15(23)18(13)24/h1-10H/b17-10+. The summed E-state index contributed by atoms with van der Waals surface area (Å²) < 4.78 is 7.57. The number of thiazole rings is 1. The van der Waals surface area contributed by atoms with Crippen molar-refractivity contribution in [2.45, 2.75) is 0 Å². The Kier molecular flexibility index (Phi) is 4.87. The number of aromatic nitrogens is 3. The molecule has 0 spiro atoms. The maximum absolute atomic E-state index is 12.8. The minimum absolute atomic E-state index is 0.278. The molecule has 0 aliphatic heterocycles. The van der Waals surface area contributed by atoms with E-state index in [2.05, 4.69) is 10.1 Å². The Morgan fingerprint density at radius 2 is 1.70 bits per heavy atom. The van der Waals surface area contributed by atoms with Crippen LogP contribution in [-0.4, -0.2) is 14.6 Å². The molecule has 5 rings (SSSR count). The summed E-state index contributed by atoms with van der Waals surface area (Å²) in [4.78, 5) is 17.7. The van der Waals surface area contributed by atoms with Gasteiger partial charge in [0.05, 0.1) is 15.1 Å². The molecule has 0 fully saturated rings. The Bertz CT molecular complexity index is 1520. The van der Waals surface area contributed by atoms with Crippen LogP contribution in [0, 0.1) is 0 Å². The van der Waals surface area contributed by atoms with Crippen LogP contribution in [0.25, 0.3) is 33.7 Å². The van der Waals surface area contributed by atoms with Gasteiger partial charge in [0.1, 0.15) is 16.1 Å². The van der Waals surface area contributed by atoms with Crippen LogP contribution in [0.3, 0.4) is 0 Å². The molecule has 0 atom stereocenters. The first-order valence-corrected chi connectivity index (χ1v) is 10.7. The molecule has 0 saturated heterocycles. The lowest BCUT2D eigenvalue weighted by Crippen LogP contribution is -2.23. The third kappa shape index (κ3) is 3.32.